The number of imidazole rings is 2. The molecular weight excluding hydrogens is 628 g/mol. The third-order valence-corrected chi connectivity index (χ3v) is 9.43. The number of fused-ring (bicyclic) bond motifs is 4. The molecule has 7 rings (SSSR count). The summed E-state index contributed by atoms with van der Waals surface area (Å²) in [5.41, 5.74) is 12.8. The van der Waals surface area contributed by atoms with Gasteiger partial charge in [-0.3, -0.25) is 18.3 Å². The minimum Gasteiger partial charge on any atom is -0.397 e. The average Bonchev–Trinajstić information content (AvgIpc) is 3.73. The molecule has 3 aliphatic heterocycles. The second-order valence-corrected chi connectivity index (χ2v) is 13.2. The van der Waals surface area contributed by atoms with Gasteiger partial charge in [0.15, 0.2) is 41.9 Å². The normalized spacial score (nSPS) is 38.2. The molecule has 0 aliphatic carbocycles. The molecule has 10 atom stereocenters. The first kappa shape index (κ1) is 29.7. The predicted octanol–water partition coefficient (Wildman–Crippen LogP) is 1.28. The van der Waals surface area contributed by atoms with Crippen molar-refractivity contribution < 1.29 is 45.5 Å². The smallest absolute Gasteiger partial charge is 0.264 e. The fourth-order valence-corrected chi connectivity index (χ4v) is 7.32. The molecule has 4 aromatic rings. The summed E-state index contributed by atoms with van der Waals surface area (Å²) in [6.45, 7) is -1.42. The zero-order chi connectivity index (χ0) is 31.0. The van der Waals surface area contributed by atoms with Gasteiger partial charge in [-0.15, -0.1) is 0 Å². The maximum Gasteiger partial charge on any atom is 0.264 e. The Kier molecular flexibility index (Phi) is 7.29. The number of nitrogen functional groups attached to an aromatic ring is 2. The van der Waals surface area contributed by atoms with Crippen LogP contribution in [0.1, 0.15) is 12.5 Å². The van der Waals surface area contributed by atoms with Crippen LogP contribution in [0.5, 0.6) is 0 Å². The van der Waals surface area contributed by atoms with Crippen LogP contribution in [-0.2, 0) is 36.7 Å². The van der Waals surface area contributed by atoms with Crippen LogP contribution >= 0.6 is 14.9 Å². The molecule has 7 heterocycles. The van der Waals surface area contributed by atoms with Crippen molar-refractivity contribution in [1.82, 2.24) is 34.1 Å². The van der Waals surface area contributed by atoms with Gasteiger partial charge < -0.3 is 39.0 Å². The minimum atomic E-state index is -4.58. The van der Waals surface area contributed by atoms with Crippen LogP contribution in [0.3, 0.4) is 0 Å². The number of aromatic nitrogens is 7. The molecule has 23 heteroatoms. The topological polar surface area (TPSA) is 216 Å². The Labute approximate surface area is 248 Å². The Morgan fingerprint density at radius 2 is 1.32 bits per heavy atom. The van der Waals surface area contributed by atoms with Gasteiger partial charge in [0.25, 0.3) is 14.9 Å². The van der Waals surface area contributed by atoms with Crippen LogP contribution in [0.25, 0.3) is 22.3 Å². The van der Waals surface area contributed by atoms with E-state index < -0.39 is 77.4 Å². The number of nitrogens with two attached hydrogens (primary N) is 2. The maximum atomic E-state index is 15.9. The van der Waals surface area contributed by atoms with Crippen LogP contribution in [0.15, 0.2) is 31.2 Å². The molecular formula is C21H21B2F2N9O8P2. The van der Waals surface area contributed by atoms with E-state index in [0.29, 0.717) is 0 Å². The van der Waals surface area contributed by atoms with Crippen LogP contribution in [-0.4, -0.2) is 99.2 Å². The van der Waals surface area contributed by atoms with Gasteiger partial charge in [-0.2, -0.15) is 0 Å². The first-order valence-electron chi connectivity index (χ1n) is 12.9. The SMILES string of the molecule is [B]P1(=O)OC[C@H]2O[C@@H](n3cnc4c(N)ncnc43)C(F)[C@H]2OP([B])(=O)OC[C@H]2O[C@@H](n3cnc4c(N)ccnc43)[C@@H](F)C2O1. The molecule has 3 saturated heterocycles. The van der Waals surface area contributed by atoms with Crippen molar-refractivity contribution in [1.29, 1.82) is 0 Å². The molecule has 0 amide bonds. The van der Waals surface area contributed by atoms with Crippen molar-refractivity contribution in [3.05, 3.63) is 31.2 Å². The van der Waals surface area contributed by atoms with E-state index in [2.05, 4.69) is 24.9 Å². The zero-order valence-corrected chi connectivity index (χ0v) is 24.1. The highest BCUT2D eigenvalue weighted by atomic mass is 31.2. The quantitative estimate of drug-likeness (QED) is 0.231. The molecule has 4 aromatic heterocycles. The van der Waals surface area contributed by atoms with Crippen LogP contribution < -0.4 is 11.5 Å². The number of halogens is 2. The summed E-state index contributed by atoms with van der Waals surface area (Å²) in [6, 6.07) is 1.51. The van der Waals surface area contributed by atoms with E-state index in [0.717, 1.165) is 6.33 Å². The monoisotopic (exact) mass is 649 g/mol. The molecule has 17 nitrogen and oxygen atoms in total. The van der Waals surface area contributed by atoms with Gasteiger partial charge in [0.1, 0.15) is 41.8 Å². The van der Waals surface area contributed by atoms with Crippen molar-refractivity contribution in [3.8, 4) is 0 Å². The van der Waals surface area contributed by atoms with E-state index in [1.807, 2.05) is 0 Å². The Morgan fingerprint density at radius 1 is 0.795 bits per heavy atom. The lowest BCUT2D eigenvalue weighted by atomic mass is 10.1. The van der Waals surface area contributed by atoms with Crippen LogP contribution in [0, 0.1) is 0 Å². The van der Waals surface area contributed by atoms with Gasteiger partial charge in [-0.05, 0) is 6.07 Å². The molecule has 228 valence electrons. The summed E-state index contributed by atoms with van der Waals surface area (Å²) in [5.74, 6) is 0.0390. The number of hydrogen-bond acceptors (Lipinski definition) is 15. The highest BCUT2D eigenvalue weighted by Crippen LogP contribution is 2.54. The Morgan fingerprint density at radius 3 is 1.89 bits per heavy atom. The predicted molar refractivity (Wildman–Crippen MR) is 148 cm³/mol. The molecule has 3 aliphatic rings. The molecule has 4 N–H and O–H groups in total. The molecule has 4 unspecified atom stereocenters. The second-order valence-electron chi connectivity index (χ2n) is 10.1. The Hall–Kier alpha value is -3.02. The first-order valence-corrected chi connectivity index (χ1v) is 16.2. The standard InChI is InChI=1S/C21H21B2F2N9O8P2/c22-43(35)38-4-10-16(12(25)21(40-10)34-7-32-14-17(27)29-5-30-19(14)34)42-44(23,36)37-3-9-15(41-43)11(24)20(39-9)33-6-31-13-8(26)1-2-28-18(13)33/h1-2,5-7,9-12,15-16,20-21H,3-4H2,(H2,26,28)(H2,27,29,30)/t9-,10-,11+,12?,15?,16+,20-,21-,43?,44?/m1/s1. The number of hydrogen-bond donors (Lipinski definition) is 2. The molecule has 0 aromatic carbocycles. The summed E-state index contributed by atoms with van der Waals surface area (Å²) in [5, 5.41) is 0. The fourth-order valence-electron chi connectivity index (χ4n) is 5.31. The molecule has 0 spiro atoms. The van der Waals surface area contributed by atoms with Gasteiger partial charge in [0, 0.05) is 6.20 Å². The van der Waals surface area contributed by atoms with Crippen LogP contribution in [0.4, 0.5) is 20.3 Å². The van der Waals surface area contributed by atoms with Crippen molar-refractivity contribution in [3.63, 3.8) is 0 Å². The molecule has 44 heavy (non-hydrogen) atoms. The average molecular weight is 649 g/mol. The molecule has 4 radical (unpaired) electrons. The molecule has 0 saturated carbocycles. The molecule has 0 bridgehead atoms. The first-order chi connectivity index (χ1) is 20.9. The summed E-state index contributed by atoms with van der Waals surface area (Å²) in [7, 11) is 2.48. The van der Waals surface area contributed by atoms with E-state index in [-0.39, 0.29) is 33.8 Å². The van der Waals surface area contributed by atoms with Gasteiger partial charge >= 0.3 is 0 Å². The fraction of sp³-hybridized carbons (Fsp3) is 0.476. The maximum absolute atomic E-state index is 15.9. The van der Waals surface area contributed by atoms with Crippen molar-refractivity contribution in [2.24, 2.45) is 0 Å². The summed E-state index contributed by atoms with van der Waals surface area (Å²) in [6.07, 6.45) is -8.22. The van der Waals surface area contributed by atoms with Crippen molar-refractivity contribution >= 4 is 63.9 Å². The van der Waals surface area contributed by atoms with E-state index in [4.69, 9.17) is 54.2 Å². The van der Waals surface area contributed by atoms with Crippen LogP contribution in [0.2, 0.25) is 0 Å². The number of alkyl halides is 2. The highest BCUT2D eigenvalue weighted by molar-refractivity contribution is 7.79. The van der Waals surface area contributed by atoms with E-state index in [1.54, 1.807) is 0 Å². The third-order valence-electron chi connectivity index (χ3n) is 7.34. The van der Waals surface area contributed by atoms with Gasteiger partial charge in [-0.25, -0.2) is 33.7 Å². The number of nitrogens with zero attached hydrogens (tertiary/aromatic N) is 7. The number of pyridine rings is 1. The number of rotatable bonds is 2. The van der Waals surface area contributed by atoms with Gasteiger partial charge in [0.05, 0.1) is 31.6 Å². The lowest BCUT2D eigenvalue weighted by molar-refractivity contribution is -0.0548. The number of ether oxygens (including phenoxy) is 2. The van der Waals surface area contributed by atoms with E-state index in [9.17, 15) is 9.13 Å². The summed E-state index contributed by atoms with van der Waals surface area (Å²) < 4.78 is 93.8. The summed E-state index contributed by atoms with van der Waals surface area (Å²) in [4.78, 5) is 20.3. The second kappa shape index (κ2) is 10.8. The van der Waals surface area contributed by atoms with Crippen molar-refractivity contribution in [2.75, 3.05) is 24.7 Å². The lowest BCUT2D eigenvalue weighted by Gasteiger charge is -2.29. The Balaban J connectivity index is 1.17. The van der Waals surface area contributed by atoms with Gasteiger partial charge in [-0.1, -0.05) is 0 Å². The number of anilines is 2. The van der Waals surface area contributed by atoms with Gasteiger partial charge in [0.2, 0.25) is 15.1 Å². The molecule has 3 fully saturated rings. The highest BCUT2D eigenvalue weighted by Gasteiger charge is 2.53. The Bertz CT molecular complexity index is 1710. The van der Waals surface area contributed by atoms with E-state index in [1.165, 1.54) is 34.1 Å². The largest absolute Gasteiger partial charge is 0.397 e. The van der Waals surface area contributed by atoms with Crippen molar-refractivity contribution in [2.45, 2.75) is 49.2 Å². The third kappa shape index (κ3) is 5.10. The zero-order valence-electron chi connectivity index (χ0n) is 22.3. The lowest BCUT2D eigenvalue weighted by Crippen LogP contribution is -2.37. The van der Waals surface area contributed by atoms with E-state index >= 15 is 8.78 Å². The minimum absolute atomic E-state index is 0.0390. The summed E-state index contributed by atoms with van der Waals surface area (Å²) >= 11 is 0.